The van der Waals surface area contributed by atoms with Crippen molar-refractivity contribution in [1.29, 1.82) is 0 Å². The first-order chi connectivity index (χ1) is 10.2. The van der Waals surface area contributed by atoms with Crippen LogP contribution in [-0.2, 0) is 11.2 Å². The van der Waals surface area contributed by atoms with Crippen LogP contribution in [0.1, 0.15) is 45.4 Å². The van der Waals surface area contributed by atoms with Gasteiger partial charge in [0.2, 0.25) is 5.91 Å². The molecule has 1 aromatic heterocycles. The van der Waals surface area contributed by atoms with Gasteiger partial charge < -0.3 is 16.0 Å². The number of anilines is 2. The van der Waals surface area contributed by atoms with Crippen LogP contribution in [-0.4, -0.2) is 35.0 Å². The highest BCUT2D eigenvalue weighted by molar-refractivity contribution is 5.78. The molecule has 1 saturated heterocycles. The Bertz CT molecular complexity index is 477. The number of nitrogens with one attached hydrogen (secondary N) is 3. The normalized spacial score (nSPS) is 17.6. The fourth-order valence-corrected chi connectivity index (χ4v) is 2.32. The summed E-state index contributed by atoms with van der Waals surface area (Å²) in [7, 11) is 0. The maximum atomic E-state index is 11.2. The van der Waals surface area contributed by atoms with E-state index in [1.165, 1.54) is 0 Å². The largest absolute Gasteiger partial charge is 0.370 e. The third kappa shape index (κ3) is 4.88. The second-order valence-corrected chi connectivity index (χ2v) is 5.42. The molecule has 1 aliphatic rings. The topological polar surface area (TPSA) is 78.9 Å². The molecule has 0 saturated carbocycles. The molecule has 116 valence electrons. The first kappa shape index (κ1) is 15.5. The molecule has 0 aromatic carbocycles. The number of aryl methyl sites for hydroxylation is 1. The molecule has 0 radical (unpaired) electrons. The number of rotatable bonds is 8. The van der Waals surface area contributed by atoms with Gasteiger partial charge in [0, 0.05) is 38.0 Å². The Morgan fingerprint density at radius 2 is 2.00 bits per heavy atom. The molecule has 3 N–H and O–H groups in total. The number of amides is 1. The molecule has 21 heavy (non-hydrogen) atoms. The summed E-state index contributed by atoms with van der Waals surface area (Å²) in [6.45, 7) is 5.86. The number of nitrogens with zero attached hydrogens (tertiary/aromatic N) is 2. The standard InChI is InChI=1S/C15H25N5O/c1-3-5-12-19-13(16-8-4-2)9-14(20-12)17-10-11-6-7-15(21)18-11/h9,11H,3-8,10H2,1-2H3,(H,18,21)(H2,16,17,19,20). The van der Waals surface area contributed by atoms with Crippen molar-refractivity contribution in [3.05, 3.63) is 11.9 Å². The lowest BCUT2D eigenvalue weighted by atomic mass is 10.2. The lowest BCUT2D eigenvalue weighted by molar-refractivity contribution is -0.119. The fraction of sp³-hybridized carbons (Fsp3) is 0.667. The van der Waals surface area contributed by atoms with Crippen LogP contribution in [0.4, 0.5) is 11.6 Å². The van der Waals surface area contributed by atoms with E-state index in [0.29, 0.717) is 13.0 Å². The molecular weight excluding hydrogens is 266 g/mol. The Morgan fingerprint density at radius 1 is 1.24 bits per heavy atom. The van der Waals surface area contributed by atoms with Gasteiger partial charge in [-0.05, 0) is 19.3 Å². The van der Waals surface area contributed by atoms with Crippen molar-refractivity contribution in [2.24, 2.45) is 0 Å². The van der Waals surface area contributed by atoms with Crippen molar-refractivity contribution < 1.29 is 4.79 Å². The van der Waals surface area contributed by atoms with E-state index in [1.54, 1.807) is 0 Å². The summed E-state index contributed by atoms with van der Waals surface area (Å²) in [6.07, 6.45) is 4.47. The minimum Gasteiger partial charge on any atom is -0.370 e. The second kappa shape index (κ2) is 7.81. The summed E-state index contributed by atoms with van der Waals surface area (Å²) >= 11 is 0. The highest BCUT2D eigenvalue weighted by atomic mass is 16.1. The van der Waals surface area contributed by atoms with Crippen LogP contribution < -0.4 is 16.0 Å². The first-order valence-corrected chi connectivity index (χ1v) is 7.86. The Balaban J connectivity index is 1.98. The van der Waals surface area contributed by atoms with Gasteiger partial charge in [-0.25, -0.2) is 9.97 Å². The van der Waals surface area contributed by atoms with Crippen molar-refractivity contribution >= 4 is 17.5 Å². The molecule has 1 aliphatic heterocycles. The summed E-state index contributed by atoms with van der Waals surface area (Å²) < 4.78 is 0. The number of carbonyl (C=O) groups is 1. The van der Waals surface area contributed by atoms with Gasteiger partial charge >= 0.3 is 0 Å². The first-order valence-electron chi connectivity index (χ1n) is 7.86. The Morgan fingerprint density at radius 3 is 2.62 bits per heavy atom. The lowest BCUT2D eigenvalue weighted by Crippen LogP contribution is -2.32. The number of carbonyl (C=O) groups excluding carboxylic acids is 1. The van der Waals surface area contributed by atoms with E-state index in [1.807, 2.05) is 6.07 Å². The molecule has 6 heteroatoms. The van der Waals surface area contributed by atoms with Gasteiger partial charge in [-0.1, -0.05) is 13.8 Å². The summed E-state index contributed by atoms with van der Waals surface area (Å²) in [5.74, 6) is 2.69. The molecule has 2 rings (SSSR count). The van der Waals surface area contributed by atoms with Crippen molar-refractivity contribution in [3.8, 4) is 0 Å². The quantitative estimate of drug-likeness (QED) is 0.682. The van der Waals surface area contributed by atoms with Gasteiger partial charge in [0.25, 0.3) is 0 Å². The second-order valence-electron chi connectivity index (χ2n) is 5.42. The summed E-state index contributed by atoms with van der Waals surface area (Å²) in [4.78, 5) is 20.3. The van der Waals surface area contributed by atoms with Crippen LogP contribution in [0.3, 0.4) is 0 Å². The van der Waals surface area contributed by atoms with Crippen LogP contribution in [0.5, 0.6) is 0 Å². The molecule has 1 atom stereocenters. The van der Waals surface area contributed by atoms with E-state index in [0.717, 1.165) is 49.7 Å². The van der Waals surface area contributed by atoms with Crippen LogP contribution in [0.15, 0.2) is 6.07 Å². The highest BCUT2D eigenvalue weighted by Crippen LogP contribution is 2.14. The number of aromatic nitrogens is 2. The third-order valence-corrected chi connectivity index (χ3v) is 3.42. The maximum absolute atomic E-state index is 11.2. The molecule has 1 aromatic rings. The molecule has 1 unspecified atom stereocenters. The summed E-state index contributed by atoms with van der Waals surface area (Å²) in [5, 5.41) is 9.58. The average Bonchev–Trinajstić information content (AvgIpc) is 2.89. The molecule has 1 amide bonds. The number of hydrogen-bond acceptors (Lipinski definition) is 5. The van der Waals surface area contributed by atoms with E-state index in [-0.39, 0.29) is 11.9 Å². The SMILES string of the molecule is CCCNc1cc(NCC2CCC(=O)N2)nc(CCC)n1. The molecular formula is C15H25N5O. The fourth-order valence-electron chi connectivity index (χ4n) is 2.32. The van der Waals surface area contributed by atoms with Crippen molar-refractivity contribution in [3.63, 3.8) is 0 Å². The van der Waals surface area contributed by atoms with Gasteiger partial charge in [-0.2, -0.15) is 0 Å². The van der Waals surface area contributed by atoms with Crippen LogP contribution in [0.2, 0.25) is 0 Å². The average molecular weight is 291 g/mol. The Hall–Kier alpha value is -1.85. The minimum absolute atomic E-state index is 0.140. The van der Waals surface area contributed by atoms with Crippen LogP contribution in [0, 0.1) is 0 Å². The zero-order valence-corrected chi connectivity index (χ0v) is 12.9. The zero-order chi connectivity index (χ0) is 15.1. The van der Waals surface area contributed by atoms with Gasteiger partial charge in [0.15, 0.2) is 0 Å². The molecule has 1 fully saturated rings. The minimum atomic E-state index is 0.140. The van der Waals surface area contributed by atoms with E-state index in [9.17, 15) is 4.79 Å². The van der Waals surface area contributed by atoms with Crippen molar-refractivity contribution in [2.75, 3.05) is 23.7 Å². The van der Waals surface area contributed by atoms with Crippen LogP contribution >= 0.6 is 0 Å². The van der Waals surface area contributed by atoms with Crippen molar-refractivity contribution in [2.45, 2.75) is 52.0 Å². The third-order valence-electron chi connectivity index (χ3n) is 3.42. The maximum Gasteiger partial charge on any atom is 0.220 e. The molecule has 6 nitrogen and oxygen atoms in total. The predicted molar refractivity (Wildman–Crippen MR) is 84.5 cm³/mol. The van der Waals surface area contributed by atoms with Crippen LogP contribution in [0.25, 0.3) is 0 Å². The highest BCUT2D eigenvalue weighted by Gasteiger charge is 2.20. The van der Waals surface area contributed by atoms with Gasteiger partial charge in [-0.15, -0.1) is 0 Å². The van der Waals surface area contributed by atoms with Gasteiger partial charge in [-0.3, -0.25) is 4.79 Å². The summed E-state index contributed by atoms with van der Waals surface area (Å²) in [6, 6.07) is 2.14. The molecule has 0 aliphatic carbocycles. The van der Waals surface area contributed by atoms with E-state index < -0.39 is 0 Å². The molecule has 2 heterocycles. The predicted octanol–water partition coefficient (Wildman–Crippen LogP) is 1.94. The zero-order valence-electron chi connectivity index (χ0n) is 12.9. The Kier molecular flexibility index (Phi) is 5.78. The lowest BCUT2D eigenvalue weighted by Gasteiger charge is -2.14. The number of hydrogen-bond donors (Lipinski definition) is 3. The van der Waals surface area contributed by atoms with E-state index in [4.69, 9.17) is 0 Å². The molecule has 0 bridgehead atoms. The summed E-state index contributed by atoms with van der Waals surface area (Å²) in [5.41, 5.74) is 0. The monoisotopic (exact) mass is 291 g/mol. The smallest absolute Gasteiger partial charge is 0.220 e. The molecule has 0 spiro atoms. The van der Waals surface area contributed by atoms with Crippen molar-refractivity contribution in [1.82, 2.24) is 15.3 Å². The van der Waals surface area contributed by atoms with Gasteiger partial charge in [0.05, 0.1) is 0 Å². The van der Waals surface area contributed by atoms with E-state index in [2.05, 4.69) is 39.8 Å². The van der Waals surface area contributed by atoms with Gasteiger partial charge in [0.1, 0.15) is 17.5 Å². The van der Waals surface area contributed by atoms with E-state index >= 15 is 0 Å². The Labute approximate surface area is 126 Å².